The molecule has 5 rings (SSSR count). The molecule has 168 valence electrons. The van der Waals surface area contributed by atoms with Gasteiger partial charge >= 0.3 is 0 Å². The molecule has 1 amide bonds. The fraction of sp³-hybridized carbons (Fsp3) is 0.480. The number of nitrogens with zero attached hydrogens (tertiary/aromatic N) is 5. The van der Waals surface area contributed by atoms with Gasteiger partial charge in [-0.2, -0.15) is 0 Å². The van der Waals surface area contributed by atoms with E-state index in [2.05, 4.69) is 32.2 Å². The fourth-order valence-corrected chi connectivity index (χ4v) is 4.99. The lowest BCUT2D eigenvalue weighted by atomic mass is 9.95. The monoisotopic (exact) mass is 432 g/mol. The summed E-state index contributed by atoms with van der Waals surface area (Å²) in [6.07, 6.45) is 11.0. The van der Waals surface area contributed by atoms with Gasteiger partial charge in [-0.3, -0.25) is 4.79 Å². The highest BCUT2D eigenvalue weighted by atomic mass is 16.1. The van der Waals surface area contributed by atoms with E-state index in [-0.39, 0.29) is 11.8 Å². The second-order valence-electron chi connectivity index (χ2n) is 8.92. The number of fused-ring (bicyclic) bond motifs is 1. The van der Waals surface area contributed by atoms with Crippen molar-refractivity contribution in [3.05, 3.63) is 49.1 Å². The number of piperidine rings is 1. The van der Waals surface area contributed by atoms with Gasteiger partial charge in [0.05, 0.1) is 5.69 Å². The number of imidazole rings is 1. The Balaban J connectivity index is 1.20. The fourth-order valence-electron chi connectivity index (χ4n) is 4.99. The summed E-state index contributed by atoms with van der Waals surface area (Å²) in [6, 6.07) is 10.2. The van der Waals surface area contributed by atoms with Crippen molar-refractivity contribution in [2.75, 3.05) is 44.2 Å². The van der Waals surface area contributed by atoms with Crippen molar-refractivity contribution in [3.63, 3.8) is 0 Å². The van der Waals surface area contributed by atoms with Crippen LogP contribution in [-0.4, -0.2) is 64.4 Å². The van der Waals surface area contributed by atoms with Crippen molar-refractivity contribution in [1.82, 2.24) is 24.6 Å². The number of hydrogen-bond donors (Lipinski definition) is 1. The number of carbonyl (C=O) groups is 1. The van der Waals surface area contributed by atoms with Crippen LogP contribution in [0.4, 0.5) is 5.82 Å². The highest BCUT2D eigenvalue weighted by Crippen LogP contribution is 2.31. The third-order valence-electron chi connectivity index (χ3n) is 6.79. The van der Waals surface area contributed by atoms with E-state index in [1.807, 2.05) is 41.3 Å². The van der Waals surface area contributed by atoms with E-state index < -0.39 is 0 Å². The van der Waals surface area contributed by atoms with E-state index in [1.54, 1.807) is 0 Å². The summed E-state index contributed by atoms with van der Waals surface area (Å²) in [5.41, 5.74) is 3.07. The molecular formula is C25H32N6O. The SMILES string of the molecule is O=C(NCCCN1CCCC1)C1CCN(c2nccn3cnc(-c4ccccc4)c23)CC1. The van der Waals surface area contributed by atoms with E-state index in [0.717, 1.165) is 68.0 Å². The van der Waals surface area contributed by atoms with Gasteiger partial charge in [0.15, 0.2) is 5.82 Å². The van der Waals surface area contributed by atoms with E-state index in [9.17, 15) is 4.79 Å². The Morgan fingerprint density at radius 1 is 1.03 bits per heavy atom. The third kappa shape index (κ3) is 4.48. The quantitative estimate of drug-likeness (QED) is 0.581. The highest BCUT2D eigenvalue weighted by Gasteiger charge is 2.27. The molecule has 7 heteroatoms. The molecule has 0 aliphatic carbocycles. The largest absolute Gasteiger partial charge is 0.356 e. The maximum atomic E-state index is 12.7. The van der Waals surface area contributed by atoms with Crippen LogP contribution in [0, 0.1) is 5.92 Å². The van der Waals surface area contributed by atoms with Crippen LogP contribution in [0.15, 0.2) is 49.1 Å². The number of benzene rings is 1. The molecule has 0 bridgehead atoms. The van der Waals surface area contributed by atoms with E-state index in [4.69, 9.17) is 4.98 Å². The molecule has 0 unspecified atom stereocenters. The van der Waals surface area contributed by atoms with Crippen LogP contribution in [0.1, 0.15) is 32.1 Å². The number of anilines is 1. The second kappa shape index (κ2) is 9.69. The van der Waals surface area contributed by atoms with Gasteiger partial charge in [0.1, 0.15) is 11.8 Å². The molecule has 2 fully saturated rings. The van der Waals surface area contributed by atoms with Crippen LogP contribution in [0.2, 0.25) is 0 Å². The van der Waals surface area contributed by atoms with Gasteiger partial charge in [0.25, 0.3) is 0 Å². The van der Waals surface area contributed by atoms with Gasteiger partial charge in [0.2, 0.25) is 5.91 Å². The molecular weight excluding hydrogens is 400 g/mol. The van der Waals surface area contributed by atoms with Gasteiger partial charge in [-0.15, -0.1) is 0 Å². The van der Waals surface area contributed by atoms with E-state index in [1.165, 1.54) is 25.9 Å². The maximum absolute atomic E-state index is 12.7. The molecule has 1 N–H and O–H groups in total. The topological polar surface area (TPSA) is 65.8 Å². The summed E-state index contributed by atoms with van der Waals surface area (Å²) < 4.78 is 2.05. The smallest absolute Gasteiger partial charge is 0.223 e. The molecule has 2 aromatic heterocycles. The third-order valence-corrected chi connectivity index (χ3v) is 6.79. The average molecular weight is 433 g/mol. The van der Waals surface area contributed by atoms with Gasteiger partial charge in [-0.05, 0) is 51.7 Å². The molecule has 2 saturated heterocycles. The first kappa shape index (κ1) is 20.9. The summed E-state index contributed by atoms with van der Waals surface area (Å²) in [5.74, 6) is 1.26. The normalized spacial score (nSPS) is 17.8. The standard InChI is InChI=1S/C25H32N6O/c32-25(27-11-6-15-29-13-4-5-14-29)21-9-16-30(17-10-21)24-23-22(20-7-2-1-3-8-20)28-19-31(23)18-12-26-24/h1-3,7-8,12,18-19,21H,4-6,9-11,13-17H2,(H,27,32). The van der Waals surface area contributed by atoms with Crippen molar-refractivity contribution in [3.8, 4) is 11.3 Å². The number of nitrogens with one attached hydrogen (secondary N) is 1. The van der Waals surface area contributed by atoms with Crippen molar-refractivity contribution in [1.29, 1.82) is 0 Å². The summed E-state index contributed by atoms with van der Waals surface area (Å²) in [7, 11) is 0. The van der Waals surface area contributed by atoms with Gasteiger partial charge < -0.3 is 19.5 Å². The Bertz CT molecular complexity index is 1040. The lowest BCUT2D eigenvalue weighted by Gasteiger charge is -2.32. The number of carbonyl (C=O) groups excluding carboxylic acids is 1. The number of amides is 1. The number of hydrogen-bond acceptors (Lipinski definition) is 5. The number of rotatable bonds is 7. The summed E-state index contributed by atoms with van der Waals surface area (Å²) in [4.78, 5) is 26.9. The Kier molecular flexibility index (Phi) is 6.34. The van der Waals surface area contributed by atoms with Crippen LogP contribution in [0.25, 0.3) is 16.8 Å². The molecule has 1 aromatic carbocycles. The average Bonchev–Trinajstić information content (AvgIpc) is 3.52. The Hall–Kier alpha value is -2.93. The first-order valence-corrected chi connectivity index (χ1v) is 11.9. The molecule has 2 aliphatic rings. The van der Waals surface area contributed by atoms with Gasteiger partial charge in [0, 0.05) is 43.5 Å². The van der Waals surface area contributed by atoms with Crippen LogP contribution in [0.3, 0.4) is 0 Å². The Morgan fingerprint density at radius 2 is 1.81 bits per heavy atom. The molecule has 0 saturated carbocycles. The second-order valence-corrected chi connectivity index (χ2v) is 8.92. The molecule has 7 nitrogen and oxygen atoms in total. The van der Waals surface area contributed by atoms with Crippen LogP contribution >= 0.6 is 0 Å². The predicted octanol–water partition coefficient (Wildman–Crippen LogP) is 3.21. The molecule has 32 heavy (non-hydrogen) atoms. The van der Waals surface area contributed by atoms with E-state index in [0.29, 0.717) is 0 Å². The van der Waals surface area contributed by atoms with Crippen LogP contribution in [0.5, 0.6) is 0 Å². The highest BCUT2D eigenvalue weighted by molar-refractivity contribution is 5.86. The zero-order valence-electron chi connectivity index (χ0n) is 18.6. The Labute approximate surface area is 189 Å². The minimum atomic E-state index is 0.0938. The molecule has 0 radical (unpaired) electrons. The lowest BCUT2D eigenvalue weighted by Crippen LogP contribution is -2.41. The minimum Gasteiger partial charge on any atom is -0.356 e. The Morgan fingerprint density at radius 3 is 2.59 bits per heavy atom. The van der Waals surface area contributed by atoms with Crippen molar-refractivity contribution >= 4 is 17.2 Å². The number of likely N-dealkylation sites (tertiary alicyclic amines) is 1. The van der Waals surface area contributed by atoms with Crippen LogP contribution < -0.4 is 10.2 Å². The van der Waals surface area contributed by atoms with Crippen molar-refractivity contribution < 1.29 is 4.79 Å². The van der Waals surface area contributed by atoms with Crippen molar-refractivity contribution in [2.45, 2.75) is 32.1 Å². The summed E-state index contributed by atoms with van der Waals surface area (Å²) >= 11 is 0. The van der Waals surface area contributed by atoms with Crippen molar-refractivity contribution in [2.24, 2.45) is 5.92 Å². The minimum absolute atomic E-state index is 0.0938. The zero-order chi connectivity index (χ0) is 21.8. The molecule has 3 aromatic rings. The molecule has 2 aliphatic heterocycles. The predicted molar refractivity (Wildman–Crippen MR) is 127 cm³/mol. The first-order chi connectivity index (χ1) is 15.8. The lowest BCUT2D eigenvalue weighted by molar-refractivity contribution is -0.125. The molecule has 0 spiro atoms. The van der Waals surface area contributed by atoms with Gasteiger partial charge in [-0.25, -0.2) is 9.97 Å². The van der Waals surface area contributed by atoms with Crippen LogP contribution in [-0.2, 0) is 4.79 Å². The molecule has 4 heterocycles. The van der Waals surface area contributed by atoms with Gasteiger partial charge in [-0.1, -0.05) is 30.3 Å². The maximum Gasteiger partial charge on any atom is 0.223 e. The first-order valence-electron chi connectivity index (χ1n) is 11.9. The number of aromatic nitrogens is 3. The zero-order valence-corrected chi connectivity index (χ0v) is 18.6. The van der Waals surface area contributed by atoms with E-state index >= 15 is 0 Å². The molecule has 0 atom stereocenters. The summed E-state index contributed by atoms with van der Waals surface area (Å²) in [6.45, 7) is 5.98. The summed E-state index contributed by atoms with van der Waals surface area (Å²) in [5, 5.41) is 3.17.